The van der Waals surface area contributed by atoms with Crippen molar-refractivity contribution in [1.29, 1.82) is 0 Å². The Morgan fingerprint density at radius 3 is 2.88 bits per heavy atom. The van der Waals surface area contributed by atoms with Crippen molar-refractivity contribution < 1.29 is 4.79 Å². The Balaban J connectivity index is 1.20. The highest BCUT2D eigenvalue weighted by molar-refractivity contribution is 7.13. The van der Waals surface area contributed by atoms with Crippen molar-refractivity contribution in [3.05, 3.63) is 66.5 Å². The van der Waals surface area contributed by atoms with Crippen LogP contribution in [-0.2, 0) is 11.3 Å². The molecule has 9 nitrogen and oxygen atoms in total. The molecule has 0 radical (unpaired) electrons. The molecule has 1 saturated heterocycles. The van der Waals surface area contributed by atoms with Crippen LogP contribution in [0, 0.1) is 5.92 Å². The smallest absolute Gasteiger partial charge is 0.225 e. The molecule has 4 heterocycles. The van der Waals surface area contributed by atoms with E-state index in [1.165, 1.54) is 12.7 Å². The standard InChI is InChI=1S/C22H22N8OS/c31-21(24-10-18-12-32-22(28-18)16-5-2-1-3-6-16)17-7-4-8-29(11-17)19-9-20(26-14-25-19)30-15-23-13-27-30/h1-3,5-6,9,12-15,17H,4,7-8,10-11H2,(H,24,31)/t17-/m1/s1. The lowest BCUT2D eigenvalue weighted by atomic mass is 9.97. The molecule has 1 N–H and O–H groups in total. The van der Waals surface area contributed by atoms with Gasteiger partial charge in [0.1, 0.15) is 29.8 Å². The van der Waals surface area contributed by atoms with Gasteiger partial charge in [0.05, 0.1) is 18.2 Å². The average molecular weight is 447 g/mol. The van der Waals surface area contributed by atoms with Crippen LogP contribution in [0.1, 0.15) is 18.5 Å². The molecule has 32 heavy (non-hydrogen) atoms. The first kappa shape index (κ1) is 20.3. The van der Waals surface area contributed by atoms with Gasteiger partial charge in [-0.1, -0.05) is 30.3 Å². The van der Waals surface area contributed by atoms with Gasteiger partial charge in [0.15, 0.2) is 5.82 Å². The maximum atomic E-state index is 12.9. The third-order valence-corrected chi connectivity index (χ3v) is 6.36. The molecule has 1 aliphatic rings. The van der Waals surface area contributed by atoms with E-state index in [1.807, 2.05) is 41.8 Å². The lowest BCUT2D eigenvalue weighted by Gasteiger charge is -2.32. The summed E-state index contributed by atoms with van der Waals surface area (Å²) in [5, 5.41) is 10.1. The minimum absolute atomic E-state index is 0.0505. The maximum absolute atomic E-state index is 12.9. The molecule has 0 spiro atoms. The highest BCUT2D eigenvalue weighted by Gasteiger charge is 2.27. The van der Waals surface area contributed by atoms with Crippen LogP contribution in [0.15, 0.2) is 60.8 Å². The van der Waals surface area contributed by atoms with Crippen LogP contribution in [0.25, 0.3) is 16.4 Å². The Labute approximate surface area is 189 Å². The van der Waals surface area contributed by atoms with Gasteiger partial charge in [-0.15, -0.1) is 11.3 Å². The lowest BCUT2D eigenvalue weighted by molar-refractivity contribution is -0.125. The van der Waals surface area contributed by atoms with Crippen LogP contribution in [0.3, 0.4) is 0 Å². The number of carbonyl (C=O) groups excluding carboxylic acids is 1. The molecule has 1 atom stereocenters. The zero-order chi connectivity index (χ0) is 21.8. The molecule has 162 valence electrons. The minimum atomic E-state index is -0.0965. The Kier molecular flexibility index (Phi) is 5.84. The van der Waals surface area contributed by atoms with Gasteiger partial charge in [-0.25, -0.2) is 24.6 Å². The first-order valence-corrected chi connectivity index (χ1v) is 11.3. The first-order valence-electron chi connectivity index (χ1n) is 10.5. The van der Waals surface area contributed by atoms with Crippen molar-refractivity contribution in [3.63, 3.8) is 0 Å². The molecule has 1 aromatic carbocycles. The Hall–Kier alpha value is -3.66. The van der Waals surface area contributed by atoms with Crippen molar-refractivity contribution >= 4 is 23.1 Å². The fourth-order valence-corrected chi connectivity index (χ4v) is 4.61. The van der Waals surface area contributed by atoms with Crippen LogP contribution >= 0.6 is 11.3 Å². The van der Waals surface area contributed by atoms with Crippen LogP contribution in [0.4, 0.5) is 5.82 Å². The molecule has 0 aliphatic carbocycles. The van der Waals surface area contributed by atoms with Crippen LogP contribution in [0.2, 0.25) is 0 Å². The van der Waals surface area contributed by atoms with Gasteiger partial charge in [-0.3, -0.25) is 4.79 Å². The second-order valence-corrected chi connectivity index (χ2v) is 8.45. The molecule has 1 amide bonds. The average Bonchev–Trinajstić information content (AvgIpc) is 3.56. The summed E-state index contributed by atoms with van der Waals surface area (Å²) < 4.78 is 1.59. The highest BCUT2D eigenvalue weighted by Crippen LogP contribution is 2.24. The third kappa shape index (κ3) is 4.50. The fourth-order valence-electron chi connectivity index (χ4n) is 3.78. The van der Waals surface area contributed by atoms with Crippen LogP contribution in [0.5, 0.6) is 0 Å². The number of benzene rings is 1. The van der Waals surface area contributed by atoms with E-state index in [-0.39, 0.29) is 11.8 Å². The van der Waals surface area contributed by atoms with Gasteiger partial charge < -0.3 is 10.2 Å². The summed E-state index contributed by atoms with van der Waals surface area (Å²) in [6.45, 7) is 1.90. The summed E-state index contributed by atoms with van der Waals surface area (Å²) >= 11 is 1.59. The lowest BCUT2D eigenvalue weighted by Crippen LogP contribution is -2.43. The van der Waals surface area contributed by atoms with E-state index in [1.54, 1.807) is 22.3 Å². The molecule has 0 saturated carbocycles. The molecule has 1 fully saturated rings. The molecule has 0 unspecified atom stereocenters. The predicted octanol–water partition coefficient (Wildman–Crippen LogP) is 2.71. The van der Waals surface area contributed by atoms with E-state index in [4.69, 9.17) is 0 Å². The number of carbonyl (C=O) groups is 1. The molecule has 5 rings (SSSR count). The molecule has 4 aromatic rings. The third-order valence-electron chi connectivity index (χ3n) is 5.42. The second kappa shape index (κ2) is 9.23. The quantitative estimate of drug-likeness (QED) is 0.486. The zero-order valence-corrected chi connectivity index (χ0v) is 18.1. The van der Waals surface area contributed by atoms with E-state index < -0.39 is 0 Å². The molecule has 10 heteroatoms. The van der Waals surface area contributed by atoms with Gasteiger partial charge in [0, 0.05) is 30.1 Å². The topological polar surface area (TPSA) is 102 Å². The zero-order valence-electron chi connectivity index (χ0n) is 17.3. The Bertz CT molecular complexity index is 1180. The number of aromatic nitrogens is 6. The van der Waals surface area contributed by atoms with Crippen molar-refractivity contribution in [2.75, 3.05) is 18.0 Å². The number of rotatable bonds is 6. The summed E-state index contributed by atoms with van der Waals surface area (Å²) in [7, 11) is 0. The summed E-state index contributed by atoms with van der Waals surface area (Å²) in [5.74, 6) is 1.39. The number of hydrogen-bond donors (Lipinski definition) is 1. The molecule has 1 aliphatic heterocycles. The van der Waals surface area contributed by atoms with Crippen LogP contribution < -0.4 is 10.2 Å². The first-order chi connectivity index (χ1) is 15.8. The maximum Gasteiger partial charge on any atom is 0.225 e. The van der Waals surface area contributed by atoms with Crippen LogP contribution in [-0.4, -0.2) is 48.7 Å². The van der Waals surface area contributed by atoms with Crippen molar-refractivity contribution in [2.24, 2.45) is 5.92 Å². The number of nitrogens with one attached hydrogen (secondary N) is 1. The molecular formula is C22H22N8OS. The molecular weight excluding hydrogens is 424 g/mol. The van der Waals surface area contributed by atoms with Gasteiger partial charge >= 0.3 is 0 Å². The highest BCUT2D eigenvalue weighted by atomic mass is 32.1. The molecule has 3 aromatic heterocycles. The number of piperidine rings is 1. The van der Waals surface area contributed by atoms with Crippen molar-refractivity contribution in [3.8, 4) is 16.4 Å². The number of hydrogen-bond acceptors (Lipinski definition) is 8. The minimum Gasteiger partial charge on any atom is -0.356 e. The number of thiazole rings is 1. The van der Waals surface area contributed by atoms with E-state index in [0.29, 0.717) is 18.9 Å². The van der Waals surface area contributed by atoms with E-state index in [2.05, 4.69) is 35.3 Å². The fraction of sp³-hybridized carbons (Fsp3) is 0.273. The van der Waals surface area contributed by atoms with Gasteiger partial charge in [-0.05, 0) is 12.8 Å². The van der Waals surface area contributed by atoms with Crippen molar-refractivity contribution in [2.45, 2.75) is 19.4 Å². The monoisotopic (exact) mass is 446 g/mol. The summed E-state index contributed by atoms with van der Waals surface area (Å²) in [6, 6.07) is 11.9. The Morgan fingerprint density at radius 1 is 1.16 bits per heavy atom. The van der Waals surface area contributed by atoms with Gasteiger partial charge in [0.2, 0.25) is 5.91 Å². The van der Waals surface area contributed by atoms with E-state index in [9.17, 15) is 4.79 Å². The normalized spacial score (nSPS) is 16.1. The molecule has 0 bridgehead atoms. The second-order valence-electron chi connectivity index (χ2n) is 7.59. The SMILES string of the molecule is O=C(NCc1csc(-c2ccccc2)n1)[C@@H]1CCCN(c2cc(-n3cncn3)ncn2)C1. The summed E-state index contributed by atoms with van der Waals surface area (Å²) in [5.41, 5.74) is 1.97. The number of nitrogens with zero attached hydrogens (tertiary/aromatic N) is 7. The van der Waals surface area contributed by atoms with Gasteiger partial charge in [0.25, 0.3) is 0 Å². The number of anilines is 1. The Morgan fingerprint density at radius 2 is 2.03 bits per heavy atom. The summed E-state index contributed by atoms with van der Waals surface area (Å²) in [6.07, 6.45) is 6.36. The van der Waals surface area contributed by atoms with Crippen molar-refractivity contribution in [1.82, 2.24) is 35.0 Å². The predicted molar refractivity (Wildman–Crippen MR) is 121 cm³/mol. The summed E-state index contributed by atoms with van der Waals surface area (Å²) in [4.78, 5) is 32.3. The largest absolute Gasteiger partial charge is 0.356 e. The number of amides is 1. The van der Waals surface area contributed by atoms with E-state index >= 15 is 0 Å². The van der Waals surface area contributed by atoms with Gasteiger partial charge in [-0.2, -0.15) is 5.10 Å². The van der Waals surface area contributed by atoms with E-state index in [0.717, 1.165) is 41.5 Å².